The smallest absolute Gasteiger partial charge is 0.366 e. The van der Waals surface area contributed by atoms with Crippen LogP contribution in [0, 0.1) is 0 Å². The molecule has 0 saturated heterocycles. The second-order valence-corrected chi connectivity index (χ2v) is 4.55. The fourth-order valence-electron chi connectivity index (χ4n) is 0.865. The van der Waals surface area contributed by atoms with Crippen LogP contribution in [0.25, 0.3) is 0 Å². The molecule has 0 fully saturated rings. The summed E-state index contributed by atoms with van der Waals surface area (Å²) < 4.78 is 59.2. The van der Waals surface area contributed by atoms with E-state index in [1.807, 2.05) is 0 Å². The van der Waals surface area contributed by atoms with Crippen LogP contribution in [0.2, 0.25) is 0 Å². The van der Waals surface area contributed by atoms with Gasteiger partial charge in [0.25, 0.3) is 0 Å². The van der Waals surface area contributed by atoms with Gasteiger partial charge < -0.3 is 4.98 Å². The van der Waals surface area contributed by atoms with E-state index in [4.69, 9.17) is 0 Å². The summed E-state index contributed by atoms with van der Waals surface area (Å²) in [5.74, 6) is 0. The van der Waals surface area contributed by atoms with E-state index in [1.165, 1.54) is 10.9 Å². The van der Waals surface area contributed by atoms with Gasteiger partial charge in [0.15, 0.2) is 0 Å². The lowest BCUT2D eigenvalue weighted by molar-refractivity contribution is -0.121. The van der Waals surface area contributed by atoms with Gasteiger partial charge in [-0.15, -0.1) is 0 Å². The highest BCUT2D eigenvalue weighted by atomic mass is 32.2. The van der Waals surface area contributed by atoms with Crippen LogP contribution in [0.4, 0.5) is 13.2 Å². The second kappa shape index (κ2) is 4.26. The third-order valence-corrected chi connectivity index (χ3v) is 2.96. The molecule has 0 aliphatic rings. The van der Waals surface area contributed by atoms with E-state index in [0.717, 1.165) is 12.3 Å². The minimum absolute atomic E-state index is 0.751. The number of hydrogen-bond acceptors (Lipinski definition) is 3. The lowest BCUT2D eigenvalue weighted by atomic mass is 10.5. The van der Waals surface area contributed by atoms with Crippen molar-refractivity contribution in [2.75, 3.05) is 6.54 Å². The maximum atomic E-state index is 11.8. The molecule has 9 heteroatoms. The van der Waals surface area contributed by atoms with E-state index in [9.17, 15) is 26.4 Å². The normalized spacial score (nSPS) is 12.7. The molecule has 0 saturated carbocycles. The summed E-state index contributed by atoms with van der Waals surface area (Å²) in [6, 6.07) is 0.905. The zero-order chi connectivity index (χ0) is 12.4. The molecule has 16 heavy (non-hydrogen) atoms. The molecule has 0 aliphatic carbocycles. The minimum atomic E-state index is -4.67. The number of H-pyrrole nitrogens is 1. The average Bonchev–Trinajstić information content (AvgIpc) is 2.14. The number of hydrogen-bond donors (Lipinski definition) is 2. The number of halogens is 3. The second-order valence-electron chi connectivity index (χ2n) is 2.81. The molecule has 0 atom stereocenters. The van der Waals surface area contributed by atoms with E-state index in [2.05, 4.69) is 4.98 Å². The Bertz CT molecular complexity index is 520. The van der Waals surface area contributed by atoms with E-state index >= 15 is 0 Å². The van der Waals surface area contributed by atoms with Crippen molar-refractivity contribution in [3.05, 3.63) is 28.7 Å². The van der Waals surface area contributed by atoms with Gasteiger partial charge in [-0.1, -0.05) is 0 Å². The fourth-order valence-corrected chi connectivity index (χ4v) is 1.93. The number of rotatable bonds is 3. The molecule has 0 aliphatic heterocycles. The van der Waals surface area contributed by atoms with E-state index in [-0.39, 0.29) is 0 Å². The average molecular weight is 256 g/mol. The molecule has 0 amide bonds. The van der Waals surface area contributed by atoms with Gasteiger partial charge in [-0.3, -0.25) is 4.79 Å². The summed E-state index contributed by atoms with van der Waals surface area (Å²) in [5.41, 5.74) is -0.881. The van der Waals surface area contributed by atoms with E-state index in [1.54, 1.807) is 0 Å². The van der Waals surface area contributed by atoms with Gasteiger partial charge in [0.05, 0.1) is 0 Å². The van der Waals surface area contributed by atoms with Crippen molar-refractivity contribution in [1.29, 1.82) is 0 Å². The Morgan fingerprint density at radius 3 is 2.50 bits per heavy atom. The highest BCUT2D eigenvalue weighted by Crippen LogP contribution is 2.13. The van der Waals surface area contributed by atoms with Crippen LogP contribution in [0.3, 0.4) is 0 Å². The zero-order valence-corrected chi connectivity index (χ0v) is 8.52. The van der Waals surface area contributed by atoms with Crippen LogP contribution in [0.15, 0.2) is 28.2 Å². The molecule has 0 spiro atoms. The van der Waals surface area contributed by atoms with Crippen molar-refractivity contribution >= 4 is 10.0 Å². The Hall–Kier alpha value is -1.35. The van der Waals surface area contributed by atoms with Crippen LogP contribution in [-0.4, -0.2) is 26.1 Å². The first-order valence-corrected chi connectivity index (χ1v) is 5.44. The summed E-state index contributed by atoms with van der Waals surface area (Å²) in [6.45, 7) is -1.72. The van der Waals surface area contributed by atoms with Crippen molar-refractivity contribution in [2.24, 2.45) is 0 Å². The number of alkyl halides is 3. The largest absolute Gasteiger partial charge is 0.402 e. The van der Waals surface area contributed by atoms with Crippen LogP contribution >= 0.6 is 0 Å². The van der Waals surface area contributed by atoms with Crippen molar-refractivity contribution in [3.8, 4) is 0 Å². The molecule has 0 radical (unpaired) electrons. The van der Waals surface area contributed by atoms with Gasteiger partial charge in [-0.2, -0.15) is 13.2 Å². The lowest BCUT2D eigenvalue weighted by Crippen LogP contribution is -2.35. The first-order chi connectivity index (χ1) is 7.22. The SMILES string of the molecule is O=c1cc[nH]cc1S(=O)(=O)NCC(F)(F)F. The lowest BCUT2D eigenvalue weighted by Gasteiger charge is -2.08. The molecule has 1 aromatic rings. The third-order valence-electron chi connectivity index (χ3n) is 1.54. The minimum Gasteiger partial charge on any atom is -0.366 e. The Kier molecular flexibility index (Phi) is 3.38. The van der Waals surface area contributed by atoms with Crippen LogP contribution in [-0.2, 0) is 10.0 Å². The molecular weight excluding hydrogens is 249 g/mol. The predicted molar refractivity (Wildman–Crippen MR) is 48.3 cm³/mol. The molecule has 1 heterocycles. The molecular formula is C7H7F3N2O3S. The standard InChI is InChI=1S/C7H7F3N2O3S/c8-7(9,10)4-12-16(14,15)6-3-11-2-1-5(6)13/h1-3,12H,4H2,(H,11,13). The summed E-state index contributed by atoms with van der Waals surface area (Å²) in [6.07, 6.45) is -2.68. The number of nitrogens with one attached hydrogen (secondary N) is 2. The van der Waals surface area contributed by atoms with Gasteiger partial charge in [0, 0.05) is 18.5 Å². The summed E-state index contributed by atoms with van der Waals surface area (Å²) in [5, 5.41) is 0. The summed E-state index contributed by atoms with van der Waals surface area (Å²) >= 11 is 0. The Balaban J connectivity index is 2.96. The van der Waals surface area contributed by atoms with Crippen LogP contribution in [0.1, 0.15) is 0 Å². The van der Waals surface area contributed by atoms with Crippen molar-refractivity contribution in [1.82, 2.24) is 9.71 Å². The first kappa shape index (κ1) is 12.7. The van der Waals surface area contributed by atoms with Gasteiger partial charge in [0.1, 0.15) is 11.4 Å². The molecule has 1 rings (SSSR count). The maximum Gasteiger partial charge on any atom is 0.402 e. The van der Waals surface area contributed by atoms with Gasteiger partial charge in [-0.25, -0.2) is 13.1 Å². The zero-order valence-electron chi connectivity index (χ0n) is 7.71. The summed E-state index contributed by atoms with van der Waals surface area (Å²) in [7, 11) is -4.44. The van der Waals surface area contributed by atoms with E-state index in [0.29, 0.717) is 0 Å². The van der Waals surface area contributed by atoms with Gasteiger partial charge in [0.2, 0.25) is 15.5 Å². The number of pyridine rings is 1. The van der Waals surface area contributed by atoms with E-state index < -0.39 is 33.1 Å². The van der Waals surface area contributed by atoms with Gasteiger partial charge >= 0.3 is 6.18 Å². The Morgan fingerprint density at radius 1 is 1.38 bits per heavy atom. The predicted octanol–water partition coefficient (Wildman–Crippen LogP) is 0.216. The fraction of sp³-hybridized carbons (Fsp3) is 0.286. The van der Waals surface area contributed by atoms with Crippen molar-refractivity contribution in [2.45, 2.75) is 11.1 Å². The van der Waals surface area contributed by atoms with Gasteiger partial charge in [-0.05, 0) is 0 Å². The van der Waals surface area contributed by atoms with Crippen molar-refractivity contribution < 1.29 is 21.6 Å². The number of sulfonamides is 1. The number of aromatic amines is 1. The third kappa shape index (κ3) is 3.35. The molecule has 2 N–H and O–H groups in total. The molecule has 5 nitrogen and oxygen atoms in total. The molecule has 0 unspecified atom stereocenters. The topological polar surface area (TPSA) is 79.0 Å². The molecule has 90 valence electrons. The highest BCUT2D eigenvalue weighted by Gasteiger charge is 2.30. The first-order valence-electron chi connectivity index (χ1n) is 3.96. The summed E-state index contributed by atoms with van der Waals surface area (Å²) in [4.78, 5) is 12.6. The van der Waals surface area contributed by atoms with Crippen LogP contribution in [0.5, 0.6) is 0 Å². The highest BCUT2D eigenvalue weighted by molar-refractivity contribution is 7.89. The number of aromatic nitrogens is 1. The van der Waals surface area contributed by atoms with Crippen LogP contribution < -0.4 is 10.2 Å². The molecule has 0 aromatic carbocycles. The monoisotopic (exact) mass is 256 g/mol. The molecule has 0 bridgehead atoms. The van der Waals surface area contributed by atoms with Crippen molar-refractivity contribution in [3.63, 3.8) is 0 Å². The molecule has 1 aromatic heterocycles. The Labute approximate surface area is 88.3 Å². The maximum absolute atomic E-state index is 11.8. The quantitative estimate of drug-likeness (QED) is 0.811. The Morgan fingerprint density at radius 2 is 2.00 bits per heavy atom.